The fourth-order valence-electron chi connectivity index (χ4n) is 3.13. The van der Waals surface area contributed by atoms with Gasteiger partial charge in [0.2, 0.25) is 11.8 Å². The van der Waals surface area contributed by atoms with Gasteiger partial charge in [-0.25, -0.2) is 4.98 Å². The van der Waals surface area contributed by atoms with Gasteiger partial charge in [-0.2, -0.15) is 0 Å². The van der Waals surface area contributed by atoms with Crippen LogP contribution in [0.2, 0.25) is 0 Å². The van der Waals surface area contributed by atoms with E-state index >= 15 is 0 Å². The highest BCUT2D eigenvalue weighted by molar-refractivity contribution is 5.95. The molecule has 140 valence electrons. The number of nitrogens with zero attached hydrogens (tertiary/aromatic N) is 1. The van der Waals surface area contributed by atoms with Gasteiger partial charge in [0.25, 0.3) is 0 Å². The summed E-state index contributed by atoms with van der Waals surface area (Å²) in [6.45, 7) is 1.95. The minimum absolute atomic E-state index is 0. The van der Waals surface area contributed by atoms with Gasteiger partial charge < -0.3 is 16.4 Å². The molecular formula is C17H26Cl2N4O2. The molecule has 0 spiro atoms. The Morgan fingerprint density at radius 2 is 1.84 bits per heavy atom. The second-order valence-corrected chi connectivity index (χ2v) is 6.99. The summed E-state index contributed by atoms with van der Waals surface area (Å²) in [7, 11) is 0. The molecule has 1 aromatic heterocycles. The van der Waals surface area contributed by atoms with Crippen molar-refractivity contribution >= 4 is 48.1 Å². The Labute approximate surface area is 160 Å². The van der Waals surface area contributed by atoms with E-state index < -0.39 is 5.54 Å². The predicted octanol–water partition coefficient (Wildman–Crippen LogP) is 3.12. The van der Waals surface area contributed by atoms with Gasteiger partial charge in [0.05, 0.1) is 17.8 Å². The van der Waals surface area contributed by atoms with Gasteiger partial charge >= 0.3 is 0 Å². The van der Waals surface area contributed by atoms with Crippen LogP contribution < -0.4 is 16.4 Å². The van der Waals surface area contributed by atoms with Gasteiger partial charge in [-0.15, -0.1) is 24.8 Å². The number of hydrogen-bond acceptors (Lipinski definition) is 4. The lowest BCUT2D eigenvalue weighted by Crippen LogP contribution is -2.51. The normalized spacial score (nSPS) is 25.1. The van der Waals surface area contributed by atoms with E-state index in [1.54, 1.807) is 18.3 Å². The van der Waals surface area contributed by atoms with E-state index in [1.807, 2.05) is 6.92 Å². The molecular weight excluding hydrogens is 363 g/mol. The topological polar surface area (TPSA) is 97.1 Å². The van der Waals surface area contributed by atoms with E-state index in [2.05, 4.69) is 15.6 Å². The summed E-state index contributed by atoms with van der Waals surface area (Å²) in [4.78, 5) is 28.3. The highest BCUT2D eigenvalue weighted by atomic mass is 35.5. The van der Waals surface area contributed by atoms with E-state index in [9.17, 15) is 9.59 Å². The number of amides is 2. The summed E-state index contributed by atoms with van der Waals surface area (Å²) in [5.74, 6) is 0.457. The molecule has 8 heteroatoms. The Bertz CT molecular complexity index is 603. The smallest absolute Gasteiger partial charge is 0.229 e. The zero-order valence-electron chi connectivity index (χ0n) is 14.3. The van der Waals surface area contributed by atoms with Gasteiger partial charge in [-0.3, -0.25) is 9.59 Å². The van der Waals surface area contributed by atoms with Crippen LogP contribution in [0.25, 0.3) is 0 Å². The average molecular weight is 389 g/mol. The van der Waals surface area contributed by atoms with Crippen LogP contribution >= 0.6 is 24.8 Å². The van der Waals surface area contributed by atoms with Crippen molar-refractivity contribution in [2.75, 3.05) is 10.6 Å². The van der Waals surface area contributed by atoms with Gasteiger partial charge in [0.1, 0.15) is 5.82 Å². The number of hydrogen-bond donors (Lipinski definition) is 3. The van der Waals surface area contributed by atoms with Crippen molar-refractivity contribution in [2.45, 2.75) is 51.0 Å². The number of halogens is 2. The third-order valence-corrected chi connectivity index (χ3v) is 4.80. The molecule has 1 aromatic rings. The quantitative estimate of drug-likeness (QED) is 0.737. The van der Waals surface area contributed by atoms with Crippen LogP contribution in [0.3, 0.4) is 0 Å². The van der Waals surface area contributed by atoms with Crippen LogP contribution in [0.1, 0.15) is 45.4 Å². The first-order chi connectivity index (χ1) is 11.0. The summed E-state index contributed by atoms with van der Waals surface area (Å²) in [6, 6.07) is 3.46. The maximum Gasteiger partial charge on any atom is 0.229 e. The number of pyridine rings is 1. The third kappa shape index (κ3) is 5.56. The minimum atomic E-state index is -0.450. The fraction of sp³-hybridized carbons (Fsp3) is 0.588. The molecule has 2 amide bonds. The molecule has 0 aliphatic heterocycles. The summed E-state index contributed by atoms with van der Waals surface area (Å²) in [6.07, 6.45) is 7.29. The lowest BCUT2D eigenvalue weighted by atomic mass is 9.74. The summed E-state index contributed by atoms with van der Waals surface area (Å²) < 4.78 is 0. The van der Waals surface area contributed by atoms with E-state index in [-0.39, 0.29) is 48.5 Å². The molecule has 2 aliphatic rings. The molecule has 2 saturated carbocycles. The molecule has 0 radical (unpaired) electrons. The van der Waals surface area contributed by atoms with Crippen LogP contribution in [-0.2, 0) is 9.59 Å². The molecule has 2 unspecified atom stereocenters. The van der Waals surface area contributed by atoms with E-state index in [0.29, 0.717) is 11.5 Å². The number of aromatic nitrogens is 1. The first kappa shape index (κ1) is 21.7. The molecule has 3 rings (SSSR count). The number of anilines is 2. The molecule has 0 aromatic carbocycles. The Morgan fingerprint density at radius 1 is 1.12 bits per heavy atom. The lowest BCUT2D eigenvalue weighted by Gasteiger charge is -2.37. The maximum atomic E-state index is 12.5. The first-order valence-corrected chi connectivity index (χ1v) is 8.32. The average Bonchev–Trinajstić information content (AvgIpc) is 3.33. The first-order valence-electron chi connectivity index (χ1n) is 8.32. The largest absolute Gasteiger partial charge is 0.325 e. The summed E-state index contributed by atoms with van der Waals surface area (Å²) >= 11 is 0. The predicted molar refractivity (Wildman–Crippen MR) is 103 cm³/mol. The monoisotopic (exact) mass is 388 g/mol. The molecule has 2 fully saturated rings. The van der Waals surface area contributed by atoms with E-state index in [0.717, 1.165) is 38.5 Å². The number of rotatable bonds is 4. The van der Waals surface area contributed by atoms with E-state index in [1.165, 1.54) is 0 Å². The second-order valence-electron chi connectivity index (χ2n) is 6.99. The Balaban J connectivity index is 0.00000156. The maximum absolute atomic E-state index is 12.5. The minimum Gasteiger partial charge on any atom is -0.325 e. The van der Waals surface area contributed by atoms with Gasteiger partial charge in [0.15, 0.2) is 0 Å². The number of carbonyl (C=O) groups excluding carboxylic acids is 2. The van der Waals surface area contributed by atoms with Crippen molar-refractivity contribution in [1.29, 1.82) is 0 Å². The van der Waals surface area contributed by atoms with Crippen LogP contribution in [-0.4, -0.2) is 22.3 Å². The zero-order chi connectivity index (χ0) is 16.4. The standard InChI is InChI=1S/C17H24N4O2.2ClH/c1-17(18)9-3-2-4-13(17)16(23)20-12-7-8-14(19-10-12)21-15(22)11-5-6-11;;/h7-8,10-11,13H,2-6,9,18H2,1H3,(H,20,23)(H,19,21,22);2*1H. The molecule has 2 atom stereocenters. The van der Waals surface area contributed by atoms with Crippen molar-refractivity contribution in [2.24, 2.45) is 17.6 Å². The Hall–Kier alpha value is -1.37. The second kappa shape index (κ2) is 8.83. The van der Waals surface area contributed by atoms with Gasteiger partial charge in [-0.1, -0.05) is 12.8 Å². The highest BCUT2D eigenvalue weighted by Gasteiger charge is 2.37. The molecule has 0 bridgehead atoms. The highest BCUT2D eigenvalue weighted by Crippen LogP contribution is 2.32. The SMILES string of the molecule is CC1(N)CCCCC1C(=O)Nc1ccc(NC(=O)C2CC2)nc1.Cl.Cl. The van der Waals surface area contributed by atoms with Crippen LogP contribution in [0.5, 0.6) is 0 Å². The molecule has 2 aliphatic carbocycles. The number of nitrogens with one attached hydrogen (secondary N) is 2. The number of nitrogens with two attached hydrogens (primary N) is 1. The van der Waals surface area contributed by atoms with Crippen molar-refractivity contribution in [3.05, 3.63) is 18.3 Å². The van der Waals surface area contributed by atoms with Crippen LogP contribution in [0.15, 0.2) is 18.3 Å². The van der Waals surface area contributed by atoms with Crippen LogP contribution in [0.4, 0.5) is 11.5 Å². The number of carbonyl (C=O) groups is 2. The van der Waals surface area contributed by atoms with Crippen molar-refractivity contribution < 1.29 is 9.59 Å². The summed E-state index contributed by atoms with van der Waals surface area (Å²) in [5.41, 5.74) is 6.44. The van der Waals surface area contributed by atoms with Crippen LogP contribution in [0, 0.1) is 11.8 Å². The van der Waals surface area contributed by atoms with Crippen molar-refractivity contribution in [3.8, 4) is 0 Å². The molecule has 6 nitrogen and oxygen atoms in total. The fourth-order valence-corrected chi connectivity index (χ4v) is 3.13. The van der Waals surface area contributed by atoms with Crippen molar-refractivity contribution in [3.63, 3.8) is 0 Å². The van der Waals surface area contributed by atoms with Crippen molar-refractivity contribution in [1.82, 2.24) is 4.98 Å². The van der Waals surface area contributed by atoms with E-state index in [4.69, 9.17) is 5.73 Å². The Morgan fingerprint density at radius 3 is 2.40 bits per heavy atom. The third-order valence-electron chi connectivity index (χ3n) is 4.80. The Kier molecular flexibility index (Phi) is 7.65. The molecule has 1 heterocycles. The summed E-state index contributed by atoms with van der Waals surface area (Å²) in [5, 5.41) is 5.67. The van der Waals surface area contributed by atoms with Gasteiger partial charge in [0, 0.05) is 11.5 Å². The molecule has 4 N–H and O–H groups in total. The zero-order valence-corrected chi connectivity index (χ0v) is 15.9. The lowest BCUT2D eigenvalue weighted by molar-refractivity contribution is -0.122. The molecule has 25 heavy (non-hydrogen) atoms. The molecule has 0 saturated heterocycles. The van der Waals surface area contributed by atoms with Gasteiger partial charge in [-0.05, 0) is 44.7 Å².